The van der Waals surface area contributed by atoms with E-state index in [1.807, 2.05) is 4.90 Å². The quantitative estimate of drug-likeness (QED) is 0.515. The molecule has 0 saturated carbocycles. The van der Waals surface area contributed by atoms with Crippen LogP contribution in [0.1, 0.15) is 6.42 Å². The standard InChI is InChI=1S/C9H14N2O/c1-2-9(12)11-6-5-10-4-3-8(11)7-10/h2,8H,1,3-7H2. The van der Waals surface area contributed by atoms with Gasteiger partial charge in [0, 0.05) is 32.2 Å². The van der Waals surface area contributed by atoms with Crippen LogP contribution in [0, 0.1) is 0 Å². The van der Waals surface area contributed by atoms with Crippen molar-refractivity contribution in [3.63, 3.8) is 0 Å². The Morgan fingerprint density at radius 3 is 3.00 bits per heavy atom. The Balaban J connectivity index is 2.07. The van der Waals surface area contributed by atoms with E-state index in [4.69, 9.17) is 0 Å². The summed E-state index contributed by atoms with van der Waals surface area (Å²) >= 11 is 0. The maximum Gasteiger partial charge on any atom is 0.246 e. The van der Waals surface area contributed by atoms with E-state index in [9.17, 15) is 4.79 Å². The third-order valence-corrected chi connectivity index (χ3v) is 2.80. The van der Waals surface area contributed by atoms with Gasteiger partial charge in [-0.2, -0.15) is 0 Å². The molecule has 2 heterocycles. The fourth-order valence-electron chi connectivity index (χ4n) is 2.11. The van der Waals surface area contributed by atoms with Gasteiger partial charge in [0.2, 0.25) is 5.91 Å². The second-order valence-electron chi connectivity index (χ2n) is 3.48. The number of nitrogens with zero attached hydrogens (tertiary/aromatic N) is 2. The van der Waals surface area contributed by atoms with Gasteiger partial charge in [-0.15, -0.1) is 0 Å². The molecule has 0 aliphatic carbocycles. The maximum absolute atomic E-state index is 11.3. The molecule has 2 atom stereocenters. The zero-order valence-corrected chi connectivity index (χ0v) is 7.20. The molecule has 2 aliphatic heterocycles. The minimum Gasteiger partial charge on any atom is -0.334 e. The third-order valence-electron chi connectivity index (χ3n) is 2.80. The van der Waals surface area contributed by atoms with Gasteiger partial charge in [-0.3, -0.25) is 9.69 Å². The summed E-state index contributed by atoms with van der Waals surface area (Å²) < 4.78 is 0. The SMILES string of the molecule is C=CC(=O)N1CCN2CCC1C2. The van der Waals surface area contributed by atoms with E-state index in [1.165, 1.54) is 6.08 Å². The van der Waals surface area contributed by atoms with Crippen LogP contribution in [0.25, 0.3) is 0 Å². The lowest BCUT2D eigenvalue weighted by Gasteiger charge is -2.33. The number of rotatable bonds is 1. The first-order valence-electron chi connectivity index (χ1n) is 4.46. The summed E-state index contributed by atoms with van der Waals surface area (Å²) in [5.74, 6) is 0.0987. The minimum absolute atomic E-state index is 0.0987. The van der Waals surface area contributed by atoms with Crippen LogP contribution < -0.4 is 0 Å². The normalized spacial score (nSPS) is 33.5. The predicted molar refractivity (Wildman–Crippen MR) is 46.8 cm³/mol. The summed E-state index contributed by atoms with van der Waals surface area (Å²) in [6, 6.07) is 0.462. The number of carbonyl (C=O) groups excluding carboxylic acids is 1. The average molecular weight is 166 g/mol. The molecule has 3 nitrogen and oxygen atoms in total. The van der Waals surface area contributed by atoms with Crippen LogP contribution in [0.3, 0.4) is 0 Å². The molecule has 66 valence electrons. The summed E-state index contributed by atoms with van der Waals surface area (Å²) in [5, 5.41) is 0. The van der Waals surface area contributed by atoms with Gasteiger partial charge in [-0.05, 0) is 12.5 Å². The van der Waals surface area contributed by atoms with Crippen LogP contribution in [-0.2, 0) is 4.79 Å². The summed E-state index contributed by atoms with van der Waals surface area (Å²) in [5.41, 5.74) is 0. The Kier molecular flexibility index (Phi) is 1.89. The molecule has 1 amide bonds. The van der Waals surface area contributed by atoms with E-state index in [0.717, 1.165) is 32.6 Å². The lowest BCUT2D eigenvalue weighted by molar-refractivity contribution is -0.129. The lowest BCUT2D eigenvalue weighted by atomic mass is 10.2. The fourth-order valence-corrected chi connectivity index (χ4v) is 2.11. The molecule has 0 aromatic rings. The van der Waals surface area contributed by atoms with Gasteiger partial charge in [0.05, 0.1) is 0 Å². The molecule has 0 aromatic heterocycles. The molecule has 2 aliphatic rings. The van der Waals surface area contributed by atoms with E-state index in [0.29, 0.717) is 6.04 Å². The highest BCUT2D eigenvalue weighted by Gasteiger charge is 2.33. The Hall–Kier alpha value is -0.830. The number of hydrogen-bond donors (Lipinski definition) is 0. The number of amides is 1. The lowest BCUT2D eigenvalue weighted by Crippen LogP contribution is -2.48. The molecule has 2 rings (SSSR count). The average Bonchev–Trinajstić information content (AvgIpc) is 2.47. The van der Waals surface area contributed by atoms with E-state index in [2.05, 4.69) is 11.5 Å². The van der Waals surface area contributed by atoms with Gasteiger partial charge in [-0.25, -0.2) is 0 Å². The first-order chi connectivity index (χ1) is 5.81. The summed E-state index contributed by atoms with van der Waals surface area (Å²) in [4.78, 5) is 15.7. The molecule has 2 saturated heterocycles. The molecule has 0 radical (unpaired) electrons. The van der Waals surface area contributed by atoms with Gasteiger partial charge >= 0.3 is 0 Å². The van der Waals surface area contributed by atoms with Crippen molar-refractivity contribution in [1.82, 2.24) is 9.80 Å². The molecular weight excluding hydrogens is 152 g/mol. The van der Waals surface area contributed by atoms with Crippen LogP contribution in [0.2, 0.25) is 0 Å². The summed E-state index contributed by atoms with van der Waals surface area (Å²) in [6.45, 7) is 7.66. The van der Waals surface area contributed by atoms with Gasteiger partial charge < -0.3 is 4.90 Å². The van der Waals surface area contributed by atoms with Crippen molar-refractivity contribution in [3.8, 4) is 0 Å². The highest BCUT2D eigenvalue weighted by atomic mass is 16.2. The Labute approximate surface area is 72.6 Å². The van der Waals surface area contributed by atoms with Crippen molar-refractivity contribution in [1.29, 1.82) is 0 Å². The van der Waals surface area contributed by atoms with E-state index in [-0.39, 0.29) is 5.91 Å². The second-order valence-corrected chi connectivity index (χ2v) is 3.48. The van der Waals surface area contributed by atoms with Crippen molar-refractivity contribution in [2.24, 2.45) is 0 Å². The van der Waals surface area contributed by atoms with Gasteiger partial charge in [0.1, 0.15) is 0 Å². The monoisotopic (exact) mass is 166 g/mol. The Morgan fingerprint density at radius 1 is 1.42 bits per heavy atom. The second kappa shape index (κ2) is 2.90. The van der Waals surface area contributed by atoms with Crippen LogP contribution in [0.15, 0.2) is 12.7 Å². The first kappa shape index (κ1) is 7.80. The zero-order valence-electron chi connectivity index (χ0n) is 7.20. The minimum atomic E-state index is 0.0987. The van der Waals surface area contributed by atoms with Crippen molar-refractivity contribution < 1.29 is 4.79 Å². The molecule has 12 heavy (non-hydrogen) atoms. The summed E-state index contributed by atoms with van der Waals surface area (Å²) in [6.07, 6.45) is 2.56. The highest BCUT2D eigenvalue weighted by Crippen LogP contribution is 2.20. The topological polar surface area (TPSA) is 23.6 Å². The number of piperazine rings is 1. The zero-order chi connectivity index (χ0) is 8.55. The van der Waals surface area contributed by atoms with Crippen molar-refractivity contribution >= 4 is 5.91 Å². The summed E-state index contributed by atoms with van der Waals surface area (Å²) in [7, 11) is 0. The molecule has 0 spiro atoms. The molecule has 2 bridgehead atoms. The molecule has 2 fully saturated rings. The van der Waals surface area contributed by atoms with Crippen LogP contribution in [0.4, 0.5) is 0 Å². The molecule has 0 N–H and O–H groups in total. The van der Waals surface area contributed by atoms with Gasteiger partial charge in [0.25, 0.3) is 0 Å². The third kappa shape index (κ3) is 1.14. The van der Waals surface area contributed by atoms with E-state index in [1.54, 1.807) is 0 Å². The van der Waals surface area contributed by atoms with Crippen LogP contribution >= 0.6 is 0 Å². The van der Waals surface area contributed by atoms with Gasteiger partial charge in [0.15, 0.2) is 0 Å². The highest BCUT2D eigenvalue weighted by molar-refractivity contribution is 5.87. The fraction of sp³-hybridized carbons (Fsp3) is 0.667. The first-order valence-corrected chi connectivity index (χ1v) is 4.46. The van der Waals surface area contributed by atoms with Crippen LogP contribution in [0.5, 0.6) is 0 Å². The Morgan fingerprint density at radius 2 is 2.25 bits per heavy atom. The molecule has 3 heteroatoms. The predicted octanol–water partition coefficient (Wildman–Crippen LogP) is 0.0889. The van der Waals surface area contributed by atoms with Gasteiger partial charge in [-0.1, -0.05) is 6.58 Å². The maximum atomic E-state index is 11.3. The molecular formula is C9H14N2O. The molecule has 2 unspecified atom stereocenters. The van der Waals surface area contributed by atoms with Crippen molar-refractivity contribution in [3.05, 3.63) is 12.7 Å². The number of fused-ring (bicyclic) bond motifs is 2. The number of carbonyl (C=O) groups is 1. The van der Waals surface area contributed by atoms with E-state index < -0.39 is 0 Å². The van der Waals surface area contributed by atoms with E-state index >= 15 is 0 Å². The number of hydrogen-bond acceptors (Lipinski definition) is 2. The van der Waals surface area contributed by atoms with Crippen LogP contribution in [-0.4, -0.2) is 47.9 Å². The molecule has 0 aromatic carbocycles. The smallest absolute Gasteiger partial charge is 0.246 e. The largest absolute Gasteiger partial charge is 0.334 e. The Bertz CT molecular complexity index is 215. The van der Waals surface area contributed by atoms with Crippen molar-refractivity contribution in [2.75, 3.05) is 26.2 Å². The van der Waals surface area contributed by atoms with Crippen molar-refractivity contribution in [2.45, 2.75) is 12.5 Å².